The Morgan fingerprint density at radius 3 is 2.71 bits per heavy atom. The molecule has 0 fully saturated rings. The van der Waals surface area contributed by atoms with Crippen molar-refractivity contribution in [3.8, 4) is 5.75 Å². The van der Waals surface area contributed by atoms with Gasteiger partial charge < -0.3 is 20.9 Å². The van der Waals surface area contributed by atoms with E-state index >= 15 is 0 Å². The summed E-state index contributed by atoms with van der Waals surface area (Å²) in [5.41, 5.74) is 5.11. The number of nitrogens with two attached hydrogens (primary N) is 1. The Hall–Kier alpha value is -2.15. The number of carboxylic acids is 1. The number of carbonyl (C=O) groups excluding carboxylic acids is 1. The van der Waals surface area contributed by atoms with Crippen molar-refractivity contribution in [2.75, 3.05) is 12.4 Å². The summed E-state index contributed by atoms with van der Waals surface area (Å²) in [6.45, 7) is 0. The quantitative estimate of drug-likeness (QED) is 0.654. The van der Waals surface area contributed by atoms with Gasteiger partial charge in [-0.2, -0.15) is 0 Å². The van der Waals surface area contributed by atoms with Crippen LogP contribution in [0.4, 0.5) is 10.1 Å². The molecular weight excluding hydrogens is 231 g/mol. The lowest BCUT2D eigenvalue weighted by molar-refractivity contribution is -0.141. The number of carbonyl (C=O) groups is 2. The zero-order valence-corrected chi connectivity index (χ0v) is 8.94. The second-order valence-electron chi connectivity index (χ2n) is 3.15. The van der Waals surface area contributed by atoms with E-state index in [1.54, 1.807) is 0 Å². The average Bonchev–Trinajstić information content (AvgIpc) is 2.28. The van der Waals surface area contributed by atoms with E-state index in [4.69, 9.17) is 15.6 Å². The van der Waals surface area contributed by atoms with Gasteiger partial charge in [-0.1, -0.05) is 0 Å². The number of methoxy groups -OCH3 is 1. The standard InChI is InChI=1S/C10H11FN2O4/c1-17-7-3-2-5(11)4-6(7)13-9(14)8(12)10(15)16/h2-4,8H,12H2,1H3,(H,13,14)(H,15,16). The van der Waals surface area contributed by atoms with Gasteiger partial charge in [0.1, 0.15) is 11.6 Å². The molecule has 0 radical (unpaired) electrons. The van der Waals surface area contributed by atoms with Gasteiger partial charge in [-0.3, -0.25) is 4.79 Å². The third kappa shape index (κ3) is 3.15. The number of anilines is 1. The highest BCUT2D eigenvalue weighted by Gasteiger charge is 2.22. The van der Waals surface area contributed by atoms with Crippen LogP contribution in [0.5, 0.6) is 5.75 Å². The van der Waals surface area contributed by atoms with E-state index in [2.05, 4.69) is 5.32 Å². The molecule has 1 unspecified atom stereocenters. The fourth-order valence-corrected chi connectivity index (χ4v) is 1.10. The fourth-order valence-electron chi connectivity index (χ4n) is 1.10. The Kier molecular flexibility index (Phi) is 4.00. The predicted molar refractivity (Wildman–Crippen MR) is 57.2 cm³/mol. The van der Waals surface area contributed by atoms with Gasteiger partial charge in [-0.15, -0.1) is 0 Å². The molecule has 0 heterocycles. The number of ether oxygens (including phenoxy) is 1. The molecule has 0 aromatic heterocycles. The first-order chi connectivity index (χ1) is 7.95. The molecule has 1 aromatic carbocycles. The van der Waals surface area contributed by atoms with Crippen LogP contribution in [-0.2, 0) is 9.59 Å². The van der Waals surface area contributed by atoms with Gasteiger partial charge in [0.25, 0.3) is 5.91 Å². The number of hydrogen-bond acceptors (Lipinski definition) is 4. The predicted octanol–water partition coefficient (Wildman–Crippen LogP) is 0.185. The van der Waals surface area contributed by atoms with E-state index in [1.165, 1.54) is 13.2 Å². The normalized spacial score (nSPS) is 11.7. The minimum atomic E-state index is -1.72. The number of halogens is 1. The number of rotatable bonds is 4. The SMILES string of the molecule is COc1ccc(F)cc1NC(=O)C(N)C(=O)O. The van der Waals surface area contributed by atoms with E-state index in [0.717, 1.165) is 12.1 Å². The molecule has 0 aliphatic rings. The van der Waals surface area contributed by atoms with Gasteiger partial charge in [0.05, 0.1) is 12.8 Å². The van der Waals surface area contributed by atoms with E-state index in [0.29, 0.717) is 0 Å². The third-order valence-electron chi connectivity index (χ3n) is 1.97. The van der Waals surface area contributed by atoms with Crippen molar-refractivity contribution in [3.63, 3.8) is 0 Å². The van der Waals surface area contributed by atoms with Crippen LogP contribution < -0.4 is 15.8 Å². The Bertz CT molecular complexity index is 450. The highest BCUT2D eigenvalue weighted by atomic mass is 19.1. The van der Waals surface area contributed by atoms with Gasteiger partial charge in [0.15, 0.2) is 6.04 Å². The number of aliphatic carboxylic acids is 1. The first-order valence-corrected chi connectivity index (χ1v) is 4.58. The Labute approximate surface area is 96.2 Å². The lowest BCUT2D eigenvalue weighted by atomic mass is 10.2. The molecule has 0 bridgehead atoms. The zero-order valence-electron chi connectivity index (χ0n) is 8.94. The monoisotopic (exact) mass is 242 g/mol. The fraction of sp³-hybridized carbons (Fsp3) is 0.200. The topological polar surface area (TPSA) is 102 Å². The van der Waals surface area contributed by atoms with E-state index in [9.17, 15) is 14.0 Å². The molecule has 17 heavy (non-hydrogen) atoms. The highest BCUT2D eigenvalue weighted by molar-refractivity contribution is 6.08. The lowest BCUT2D eigenvalue weighted by Gasteiger charge is -2.11. The maximum Gasteiger partial charge on any atom is 0.330 e. The van der Waals surface area contributed by atoms with Crippen molar-refractivity contribution in [1.82, 2.24) is 0 Å². The molecule has 1 amide bonds. The second-order valence-corrected chi connectivity index (χ2v) is 3.15. The molecule has 4 N–H and O–H groups in total. The lowest BCUT2D eigenvalue weighted by Crippen LogP contribution is -2.42. The summed E-state index contributed by atoms with van der Waals surface area (Å²) in [6.07, 6.45) is 0. The molecule has 1 atom stereocenters. The largest absolute Gasteiger partial charge is 0.495 e. The van der Waals surface area contributed by atoms with Crippen molar-refractivity contribution < 1.29 is 23.8 Å². The van der Waals surface area contributed by atoms with Crippen molar-refractivity contribution in [2.45, 2.75) is 6.04 Å². The number of carboxylic acid groups (broad SMARTS) is 1. The maximum atomic E-state index is 12.9. The molecule has 7 heteroatoms. The van der Waals surface area contributed by atoms with Gasteiger partial charge in [-0.25, -0.2) is 9.18 Å². The molecular formula is C10H11FN2O4. The molecule has 0 aliphatic carbocycles. The first kappa shape index (κ1) is 12.9. The summed E-state index contributed by atoms with van der Waals surface area (Å²) in [6, 6.07) is 1.73. The highest BCUT2D eigenvalue weighted by Crippen LogP contribution is 2.24. The summed E-state index contributed by atoms with van der Waals surface area (Å²) in [5, 5.41) is 10.7. The van der Waals surface area contributed by atoms with Crippen LogP contribution in [0.25, 0.3) is 0 Å². The number of benzene rings is 1. The summed E-state index contributed by atoms with van der Waals surface area (Å²) in [5.74, 6) is -2.82. The smallest absolute Gasteiger partial charge is 0.330 e. The van der Waals surface area contributed by atoms with Gasteiger partial charge in [0, 0.05) is 6.07 Å². The minimum absolute atomic E-state index is 0.0224. The van der Waals surface area contributed by atoms with Crippen molar-refractivity contribution >= 4 is 17.6 Å². The van der Waals surface area contributed by atoms with Gasteiger partial charge in [-0.05, 0) is 12.1 Å². The Morgan fingerprint density at radius 1 is 1.53 bits per heavy atom. The van der Waals surface area contributed by atoms with Crippen LogP contribution in [-0.4, -0.2) is 30.1 Å². The van der Waals surface area contributed by atoms with Crippen LogP contribution in [0.2, 0.25) is 0 Å². The summed E-state index contributed by atoms with van der Waals surface area (Å²) >= 11 is 0. The van der Waals surface area contributed by atoms with Gasteiger partial charge in [0.2, 0.25) is 0 Å². The van der Waals surface area contributed by atoms with E-state index in [1.807, 2.05) is 0 Å². The van der Waals surface area contributed by atoms with Crippen LogP contribution in [0, 0.1) is 5.82 Å². The molecule has 6 nitrogen and oxygen atoms in total. The van der Waals surface area contributed by atoms with Crippen LogP contribution in [0.3, 0.4) is 0 Å². The van der Waals surface area contributed by atoms with Crippen LogP contribution in [0.1, 0.15) is 0 Å². The summed E-state index contributed by atoms with van der Waals surface area (Å²) < 4.78 is 17.8. The molecule has 1 rings (SSSR count). The maximum absolute atomic E-state index is 12.9. The minimum Gasteiger partial charge on any atom is -0.495 e. The third-order valence-corrected chi connectivity index (χ3v) is 1.97. The molecule has 92 valence electrons. The van der Waals surface area contributed by atoms with Crippen molar-refractivity contribution in [1.29, 1.82) is 0 Å². The van der Waals surface area contributed by atoms with Crippen LogP contribution >= 0.6 is 0 Å². The molecule has 0 aliphatic heterocycles. The average molecular weight is 242 g/mol. The molecule has 1 aromatic rings. The molecule has 0 saturated carbocycles. The molecule has 0 saturated heterocycles. The summed E-state index contributed by atoms with van der Waals surface area (Å²) in [7, 11) is 1.33. The van der Waals surface area contributed by atoms with Crippen LogP contribution in [0.15, 0.2) is 18.2 Å². The Balaban J connectivity index is 2.91. The molecule has 0 spiro atoms. The zero-order chi connectivity index (χ0) is 13.0. The van der Waals surface area contributed by atoms with Gasteiger partial charge >= 0.3 is 5.97 Å². The summed E-state index contributed by atoms with van der Waals surface area (Å²) in [4.78, 5) is 21.8. The number of hydrogen-bond donors (Lipinski definition) is 3. The number of amides is 1. The first-order valence-electron chi connectivity index (χ1n) is 4.58. The van der Waals surface area contributed by atoms with Crippen molar-refractivity contribution in [2.24, 2.45) is 5.73 Å². The van der Waals surface area contributed by atoms with E-state index < -0.39 is 23.7 Å². The van der Waals surface area contributed by atoms with E-state index in [-0.39, 0.29) is 11.4 Å². The number of nitrogens with one attached hydrogen (secondary N) is 1. The Morgan fingerprint density at radius 2 is 2.18 bits per heavy atom. The van der Waals surface area contributed by atoms with Crippen molar-refractivity contribution in [3.05, 3.63) is 24.0 Å². The second kappa shape index (κ2) is 5.26.